The summed E-state index contributed by atoms with van der Waals surface area (Å²) < 4.78 is 0. The molecule has 1 unspecified atom stereocenters. The maximum Gasteiger partial charge on any atom is 0.136 e. The minimum atomic E-state index is 0.292. The monoisotopic (exact) mass is 272 g/mol. The first kappa shape index (κ1) is 12.6. The Morgan fingerprint density at radius 2 is 2.16 bits per heavy atom. The number of nitrogens with zero attached hydrogens (tertiary/aromatic N) is 2. The molecule has 1 aromatic carbocycles. The summed E-state index contributed by atoms with van der Waals surface area (Å²) in [5.41, 5.74) is 0.983. The number of thioether (sulfide) groups is 1. The van der Waals surface area contributed by atoms with Crippen LogP contribution in [0.25, 0.3) is 10.9 Å². The van der Waals surface area contributed by atoms with Crippen LogP contribution < -0.4 is 0 Å². The summed E-state index contributed by atoms with van der Waals surface area (Å²) in [4.78, 5) is 20.2. The molecule has 0 spiro atoms. The number of aromatic nitrogens is 2. The summed E-state index contributed by atoms with van der Waals surface area (Å²) in [5, 5.41) is 2.13. The van der Waals surface area contributed by atoms with Crippen molar-refractivity contribution in [2.24, 2.45) is 5.92 Å². The van der Waals surface area contributed by atoms with Crippen LogP contribution in [0.4, 0.5) is 0 Å². The number of carbonyl (C=O) groups excluding carboxylic acids is 1. The molecular weight excluding hydrogens is 256 g/mol. The summed E-state index contributed by atoms with van der Waals surface area (Å²) in [5.74, 6) is 1.70. The Balaban J connectivity index is 1.67. The zero-order chi connectivity index (χ0) is 13.1. The molecule has 0 aliphatic heterocycles. The lowest BCUT2D eigenvalue weighted by atomic mass is 10.1. The van der Waals surface area contributed by atoms with Gasteiger partial charge in [0.1, 0.15) is 17.1 Å². The lowest BCUT2D eigenvalue weighted by Gasteiger charge is -2.08. The van der Waals surface area contributed by atoms with Gasteiger partial charge in [0.25, 0.3) is 0 Å². The lowest BCUT2D eigenvalue weighted by Crippen LogP contribution is -2.07. The Labute approximate surface area is 116 Å². The number of benzene rings is 1. The van der Waals surface area contributed by atoms with E-state index >= 15 is 0 Å². The van der Waals surface area contributed by atoms with Gasteiger partial charge < -0.3 is 0 Å². The van der Waals surface area contributed by atoms with Gasteiger partial charge >= 0.3 is 0 Å². The van der Waals surface area contributed by atoms with Gasteiger partial charge in [-0.25, -0.2) is 9.97 Å². The molecule has 4 heteroatoms. The molecule has 0 bridgehead atoms. The van der Waals surface area contributed by atoms with E-state index in [1.807, 2.05) is 18.2 Å². The molecule has 1 aromatic heterocycles. The second-order valence-corrected chi connectivity index (χ2v) is 5.97. The average Bonchev–Trinajstić information content (AvgIpc) is 2.85. The molecule has 1 aliphatic carbocycles. The van der Waals surface area contributed by atoms with Crippen LogP contribution in [0.2, 0.25) is 0 Å². The third-order valence-corrected chi connectivity index (χ3v) is 4.68. The first-order valence-electron chi connectivity index (χ1n) is 6.70. The molecular formula is C15H16N2OS. The van der Waals surface area contributed by atoms with Gasteiger partial charge in [-0.15, -0.1) is 11.8 Å². The average molecular weight is 272 g/mol. The molecule has 0 N–H and O–H groups in total. The van der Waals surface area contributed by atoms with Crippen LogP contribution in [0.1, 0.15) is 25.7 Å². The number of hydrogen-bond donors (Lipinski definition) is 0. The molecule has 98 valence electrons. The van der Waals surface area contributed by atoms with Crippen LogP contribution >= 0.6 is 11.8 Å². The third kappa shape index (κ3) is 2.78. The number of Topliss-reactive ketones (excluding diaryl/α,β-unsaturated/α-hetero) is 1. The van der Waals surface area contributed by atoms with Gasteiger partial charge in [0.15, 0.2) is 0 Å². The van der Waals surface area contributed by atoms with E-state index in [1.165, 1.54) is 0 Å². The number of carbonyl (C=O) groups is 1. The van der Waals surface area contributed by atoms with Crippen molar-refractivity contribution in [2.75, 3.05) is 5.75 Å². The smallest absolute Gasteiger partial charge is 0.136 e. The highest BCUT2D eigenvalue weighted by Crippen LogP contribution is 2.29. The molecule has 3 nitrogen and oxygen atoms in total. The van der Waals surface area contributed by atoms with E-state index in [0.717, 1.165) is 47.4 Å². The van der Waals surface area contributed by atoms with Crippen LogP contribution in [0.15, 0.2) is 35.6 Å². The summed E-state index contributed by atoms with van der Waals surface area (Å²) >= 11 is 1.74. The van der Waals surface area contributed by atoms with E-state index in [-0.39, 0.29) is 0 Å². The minimum absolute atomic E-state index is 0.292. The number of para-hydroxylation sites is 1. The maximum absolute atomic E-state index is 11.6. The minimum Gasteiger partial charge on any atom is -0.299 e. The van der Waals surface area contributed by atoms with Crippen molar-refractivity contribution >= 4 is 28.4 Å². The van der Waals surface area contributed by atoms with Gasteiger partial charge in [-0.3, -0.25) is 4.79 Å². The van der Waals surface area contributed by atoms with Gasteiger partial charge in [-0.2, -0.15) is 0 Å². The summed E-state index contributed by atoms with van der Waals surface area (Å²) in [6.07, 6.45) is 5.52. The van der Waals surface area contributed by atoms with Crippen LogP contribution in [0.3, 0.4) is 0 Å². The standard InChI is InChI=1S/C15H16N2OS/c18-14-7-3-4-11(14)8-9-19-15-12-5-1-2-6-13(12)16-10-17-15/h1-2,5-6,10-11H,3-4,7-9H2. The number of fused-ring (bicyclic) bond motifs is 1. The molecule has 0 amide bonds. The highest BCUT2D eigenvalue weighted by atomic mass is 32.2. The van der Waals surface area contributed by atoms with Gasteiger partial charge in [0.05, 0.1) is 5.52 Å². The predicted octanol–water partition coefficient (Wildman–Crippen LogP) is 3.48. The van der Waals surface area contributed by atoms with Crippen molar-refractivity contribution in [3.05, 3.63) is 30.6 Å². The fourth-order valence-electron chi connectivity index (χ4n) is 2.59. The molecule has 19 heavy (non-hydrogen) atoms. The van der Waals surface area contributed by atoms with Crippen molar-refractivity contribution in [3.8, 4) is 0 Å². The van der Waals surface area contributed by atoms with Crippen LogP contribution in [0.5, 0.6) is 0 Å². The van der Waals surface area contributed by atoms with E-state index < -0.39 is 0 Å². The van der Waals surface area contributed by atoms with E-state index in [4.69, 9.17) is 0 Å². The highest BCUT2D eigenvalue weighted by molar-refractivity contribution is 7.99. The lowest BCUT2D eigenvalue weighted by molar-refractivity contribution is -0.120. The fourth-order valence-corrected chi connectivity index (χ4v) is 3.63. The van der Waals surface area contributed by atoms with Crippen LogP contribution in [-0.2, 0) is 4.79 Å². The third-order valence-electron chi connectivity index (χ3n) is 3.64. The Morgan fingerprint density at radius 3 is 3.00 bits per heavy atom. The molecule has 1 heterocycles. The van der Waals surface area contributed by atoms with E-state index in [2.05, 4.69) is 16.0 Å². The zero-order valence-corrected chi connectivity index (χ0v) is 11.5. The topological polar surface area (TPSA) is 42.9 Å². The van der Waals surface area contributed by atoms with Gasteiger partial charge in [-0.1, -0.05) is 18.2 Å². The Morgan fingerprint density at radius 1 is 1.26 bits per heavy atom. The van der Waals surface area contributed by atoms with Crippen LogP contribution in [-0.4, -0.2) is 21.5 Å². The predicted molar refractivity (Wildman–Crippen MR) is 77.2 cm³/mol. The summed E-state index contributed by atoms with van der Waals surface area (Å²) in [6.45, 7) is 0. The number of ketones is 1. The second-order valence-electron chi connectivity index (χ2n) is 4.89. The Kier molecular flexibility index (Phi) is 3.78. The van der Waals surface area contributed by atoms with Crippen molar-refractivity contribution in [1.82, 2.24) is 9.97 Å². The number of rotatable bonds is 4. The summed E-state index contributed by atoms with van der Waals surface area (Å²) in [6, 6.07) is 8.05. The Bertz CT molecular complexity index is 594. The van der Waals surface area contributed by atoms with Gasteiger partial charge in [0.2, 0.25) is 0 Å². The fraction of sp³-hybridized carbons (Fsp3) is 0.400. The SMILES string of the molecule is O=C1CCCC1CCSc1ncnc2ccccc12. The molecule has 1 fully saturated rings. The van der Waals surface area contributed by atoms with E-state index in [1.54, 1.807) is 18.1 Å². The quantitative estimate of drug-likeness (QED) is 0.631. The molecule has 0 saturated heterocycles. The van der Waals surface area contributed by atoms with Crippen molar-refractivity contribution in [3.63, 3.8) is 0 Å². The number of hydrogen-bond acceptors (Lipinski definition) is 4. The van der Waals surface area contributed by atoms with Crippen molar-refractivity contribution < 1.29 is 4.79 Å². The summed E-state index contributed by atoms with van der Waals surface area (Å²) in [7, 11) is 0. The zero-order valence-electron chi connectivity index (χ0n) is 10.7. The van der Waals surface area contributed by atoms with Gasteiger partial charge in [0, 0.05) is 23.5 Å². The van der Waals surface area contributed by atoms with E-state index in [0.29, 0.717) is 11.7 Å². The van der Waals surface area contributed by atoms with Crippen molar-refractivity contribution in [2.45, 2.75) is 30.7 Å². The van der Waals surface area contributed by atoms with E-state index in [9.17, 15) is 4.79 Å². The molecule has 2 aromatic rings. The Hall–Kier alpha value is -1.42. The van der Waals surface area contributed by atoms with Crippen LogP contribution in [0, 0.1) is 5.92 Å². The first-order valence-corrected chi connectivity index (χ1v) is 7.68. The molecule has 1 aliphatic rings. The largest absolute Gasteiger partial charge is 0.299 e. The normalized spacial score (nSPS) is 19.2. The molecule has 0 radical (unpaired) electrons. The highest BCUT2D eigenvalue weighted by Gasteiger charge is 2.23. The maximum atomic E-state index is 11.6. The van der Waals surface area contributed by atoms with Gasteiger partial charge in [-0.05, 0) is 25.3 Å². The molecule has 1 saturated carbocycles. The second kappa shape index (κ2) is 5.70. The first-order chi connectivity index (χ1) is 9.34. The molecule has 3 rings (SSSR count). The molecule has 1 atom stereocenters. The van der Waals surface area contributed by atoms with Crippen molar-refractivity contribution in [1.29, 1.82) is 0 Å².